The number of carbonyl (C=O) groups is 1. The van der Waals surface area contributed by atoms with Crippen molar-refractivity contribution in [3.63, 3.8) is 0 Å². The average Bonchev–Trinajstić information content (AvgIpc) is 2.37. The first-order valence-electron chi connectivity index (χ1n) is 6.57. The number of nitrogens with one attached hydrogen (secondary N) is 1. The topological polar surface area (TPSA) is 52.6 Å². The van der Waals surface area contributed by atoms with E-state index < -0.39 is 24.7 Å². The van der Waals surface area contributed by atoms with Gasteiger partial charge in [0.2, 0.25) is 5.91 Å². The summed E-state index contributed by atoms with van der Waals surface area (Å²) in [6, 6.07) is 6.58. The molecule has 2 atom stereocenters. The summed E-state index contributed by atoms with van der Waals surface area (Å²) < 4.78 is 36.7. The summed E-state index contributed by atoms with van der Waals surface area (Å²) >= 11 is 5.77. The molecule has 0 saturated carbocycles. The standard InChI is InChI=1S/C14H18ClF3N2O2/c1-9(10-3-5-11(15)6-4-10)19-13(22)8-20(2)7-12(21)14(16,17)18/h3-6,9,12,21H,7-8H2,1-2H3,(H,19,22). The molecule has 124 valence electrons. The number of alkyl halides is 3. The molecule has 2 N–H and O–H groups in total. The summed E-state index contributed by atoms with van der Waals surface area (Å²) in [6.07, 6.45) is -7.17. The van der Waals surface area contributed by atoms with E-state index >= 15 is 0 Å². The molecule has 0 saturated heterocycles. The first-order valence-corrected chi connectivity index (χ1v) is 6.95. The molecule has 4 nitrogen and oxygen atoms in total. The van der Waals surface area contributed by atoms with Crippen LogP contribution in [0.15, 0.2) is 24.3 Å². The highest BCUT2D eigenvalue weighted by molar-refractivity contribution is 6.30. The molecule has 0 heterocycles. The molecule has 0 spiro atoms. The second kappa shape index (κ2) is 7.80. The first kappa shape index (κ1) is 18.7. The maximum Gasteiger partial charge on any atom is 0.415 e. The van der Waals surface area contributed by atoms with Crippen LogP contribution in [0.1, 0.15) is 18.5 Å². The van der Waals surface area contributed by atoms with Crippen LogP contribution in [0.4, 0.5) is 13.2 Å². The van der Waals surface area contributed by atoms with E-state index in [0.29, 0.717) is 5.02 Å². The van der Waals surface area contributed by atoms with Crippen molar-refractivity contribution in [2.24, 2.45) is 0 Å². The van der Waals surface area contributed by atoms with E-state index in [1.807, 2.05) is 0 Å². The van der Waals surface area contributed by atoms with Gasteiger partial charge in [-0.05, 0) is 31.7 Å². The number of likely N-dealkylation sites (N-methyl/N-ethyl adjacent to an activating group) is 1. The second-order valence-electron chi connectivity index (χ2n) is 5.09. The van der Waals surface area contributed by atoms with Crippen molar-refractivity contribution in [1.82, 2.24) is 10.2 Å². The van der Waals surface area contributed by atoms with E-state index in [1.165, 1.54) is 7.05 Å². The van der Waals surface area contributed by atoms with E-state index in [0.717, 1.165) is 10.5 Å². The summed E-state index contributed by atoms with van der Waals surface area (Å²) in [7, 11) is 1.33. The molecule has 2 unspecified atom stereocenters. The number of hydrogen-bond acceptors (Lipinski definition) is 3. The van der Waals surface area contributed by atoms with Crippen LogP contribution in [0, 0.1) is 0 Å². The highest BCUT2D eigenvalue weighted by atomic mass is 35.5. The molecule has 1 aromatic rings. The lowest BCUT2D eigenvalue weighted by Gasteiger charge is -2.22. The second-order valence-corrected chi connectivity index (χ2v) is 5.53. The number of benzene rings is 1. The molecule has 0 aliphatic rings. The van der Waals surface area contributed by atoms with Gasteiger partial charge in [0.15, 0.2) is 6.10 Å². The van der Waals surface area contributed by atoms with Crippen molar-refractivity contribution in [1.29, 1.82) is 0 Å². The van der Waals surface area contributed by atoms with E-state index in [4.69, 9.17) is 16.7 Å². The van der Waals surface area contributed by atoms with Gasteiger partial charge in [0, 0.05) is 11.6 Å². The van der Waals surface area contributed by atoms with E-state index in [9.17, 15) is 18.0 Å². The smallest absolute Gasteiger partial charge is 0.382 e. The minimum absolute atomic E-state index is 0.245. The highest BCUT2D eigenvalue weighted by Crippen LogP contribution is 2.20. The summed E-state index contributed by atoms with van der Waals surface area (Å²) in [4.78, 5) is 12.9. The van der Waals surface area contributed by atoms with Crippen LogP contribution in [0.2, 0.25) is 5.02 Å². The molecule has 0 aliphatic carbocycles. The van der Waals surface area contributed by atoms with Crippen molar-refractivity contribution >= 4 is 17.5 Å². The number of aliphatic hydroxyl groups is 1. The molecular weight excluding hydrogens is 321 g/mol. The number of aliphatic hydroxyl groups excluding tert-OH is 1. The maximum absolute atomic E-state index is 12.2. The third-order valence-corrected chi connectivity index (χ3v) is 3.28. The molecular formula is C14H18ClF3N2O2. The third kappa shape index (κ3) is 6.21. The zero-order valence-electron chi connectivity index (χ0n) is 12.2. The lowest BCUT2D eigenvalue weighted by Crippen LogP contribution is -2.43. The number of carbonyl (C=O) groups excluding carboxylic acids is 1. The Kier molecular flexibility index (Phi) is 6.65. The van der Waals surface area contributed by atoms with Crippen LogP contribution in [0.25, 0.3) is 0 Å². The summed E-state index contributed by atoms with van der Waals surface area (Å²) in [5.41, 5.74) is 0.829. The van der Waals surface area contributed by atoms with Crippen molar-refractivity contribution in [2.45, 2.75) is 25.2 Å². The van der Waals surface area contributed by atoms with Gasteiger partial charge in [-0.1, -0.05) is 23.7 Å². The number of amides is 1. The third-order valence-electron chi connectivity index (χ3n) is 3.02. The zero-order chi connectivity index (χ0) is 16.9. The van der Waals surface area contributed by atoms with Gasteiger partial charge in [-0.25, -0.2) is 0 Å². The van der Waals surface area contributed by atoms with Crippen LogP contribution in [0.3, 0.4) is 0 Å². The Labute approximate surface area is 131 Å². The Morgan fingerprint density at radius 3 is 2.41 bits per heavy atom. The zero-order valence-corrected chi connectivity index (χ0v) is 12.9. The summed E-state index contributed by atoms with van der Waals surface area (Å²) in [5.74, 6) is -0.431. The van der Waals surface area contributed by atoms with Gasteiger partial charge >= 0.3 is 6.18 Å². The lowest BCUT2D eigenvalue weighted by molar-refractivity contribution is -0.207. The fraction of sp³-hybridized carbons (Fsp3) is 0.500. The minimum Gasteiger partial charge on any atom is -0.382 e. The molecule has 0 radical (unpaired) electrons. The predicted octanol–water partition coefficient (Wildman–Crippen LogP) is 2.37. The van der Waals surface area contributed by atoms with Crippen molar-refractivity contribution in [3.05, 3.63) is 34.9 Å². The van der Waals surface area contributed by atoms with Crippen LogP contribution in [-0.4, -0.2) is 48.3 Å². The van der Waals surface area contributed by atoms with Gasteiger partial charge in [0.05, 0.1) is 12.6 Å². The van der Waals surface area contributed by atoms with Crippen LogP contribution in [0.5, 0.6) is 0 Å². The van der Waals surface area contributed by atoms with E-state index in [-0.39, 0.29) is 12.6 Å². The lowest BCUT2D eigenvalue weighted by atomic mass is 10.1. The maximum atomic E-state index is 12.2. The van der Waals surface area contributed by atoms with Gasteiger partial charge in [0.1, 0.15) is 0 Å². The van der Waals surface area contributed by atoms with Crippen molar-refractivity contribution in [2.75, 3.05) is 20.1 Å². The Balaban J connectivity index is 2.47. The molecule has 1 aromatic carbocycles. The molecule has 0 fully saturated rings. The average molecular weight is 339 g/mol. The number of hydrogen-bond donors (Lipinski definition) is 2. The van der Waals surface area contributed by atoms with Crippen molar-refractivity contribution in [3.8, 4) is 0 Å². The van der Waals surface area contributed by atoms with Gasteiger partial charge in [-0.2, -0.15) is 13.2 Å². The first-order chi connectivity index (χ1) is 10.1. The minimum atomic E-state index is -4.69. The Hall–Kier alpha value is -1.31. The fourth-order valence-electron chi connectivity index (χ4n) is 1.83. The van der Waals surface area contributed by atoms with Gasteiger partial charge in [0.25, 0.3) is 0 Å². The summed E-state index contributed by atoms with van der Waals surface area (Å²) in [6.45, 7) is 0.850. The van der Waals surface area contributed by atoms with E-state index in [1.54, 1.807) is 31.2 Å². The molecule has 1 rings (SSSR count). The molecule has 8 heteroatoms. The highest BCUT2D eigenvalue weighted by Gasteiger charge is 2.38. The SMILES string of the molecule is CC(NC(=O)CN(C)CC(O)C(F)(F)F)c1ccc(Cl)cc1. The van der Waals surface area contributed by atoms with Gasteiger partial charge in [-0.3, -0.25) is 9.69 Å². The van der Waals surface area contributed by atoms with Gasteiger partial charge < -0.3 is 10.4 Å². The largest absolute Gasteiger partial charge is 0.415 e. The van der Waals surface area contributed by atoms with Crippen LogP contribution >= 0.6 is 11.6 Å². The number of rotatable bonds is 6. The molecule has 0 bridgehead atoms. The number of nitrogens with zero attached hydrogens (tertiary/aromatic N) is 1. The Bertz CT molecular complexity index is 494. The Morgan fingerprint density at radius 2 is 1.91 bits per heavy atom. The Morgan fingerprint density at radius 1 is 1.36 bits per heavy atom. The van der Waals surface area contributed by atoms with Crippen LogP contribution in [-0.2, 0) is 4.79 Å². The van der Waals surface area contributed by atoms with Crippen LogP contribution < -0.4 is 5.32 Å². The number of halogens is 4. The summed E-state index contributed by atoms with van der Waals surface area (Å²) in [5, 5.41) is 12.2. The van der Waals surface area contributed by atoms with E-state index in [2.05, 4.69) is 5.32 Å². The molecule has 22 heavy (non-hydrogen) atoms. The molecule has 0 aliphatic heterocycles. The van der Waals surface area contributed by atoms with Crippen molar-refractivity contribution < 1.29 is 23.1 Å². The fourth-order valence-corrected chi connectivity index (χ4v) is 1.96. The monoisotopic (exact) mass is 338 g/mol. The van der Waals surface area contributed by atoms with Gasteiger partial charge in [-0.15, -0.1) is 0 Å². The quantitative estimate of drug-likeness (QED) is 0.837. The normalized spacial score (nSPS) is 14.7. The molecule has 1 amide bonds. The molecule has 0 aromatic heterocycles. The predicted molar refractivity (Wildman–Crippen MR) is 77.6 cm³/mol.